The minimum Gasteiger partial charge on any atom is -0.481 e. The summed E-state index contributed by atoms with van der Waals surface area (Å²) in [6.45, 7) is 1.38. The predicted octanol–water partition coefficient (Wildman–Crippen LogP) is 1.50. The van der Waals surface area contributed by atoms with Crippen LogP contribution in [0.3, 0.4) is 0 Å². The molecule has 0 aliphatic heterocycles. The van der Waals surface area contributed by atoms with Gasteiger partial charge in [0.2, 0.25) is 0 Å². The number of rotatable bonds is 6. The van der Waals surface area contributed by atoms with Gasteiger partial charge in [0.25, 0.3) is 0 Å². The number of aliphatic carboxylic acids is 1. The SMILES string of the molecule is O=C(O)CSc1nc2cccnc2n1CCn1ccnc1. The Kier molecular flexibility index (Phi) is 3.87. The third kappa shape index (κ3) is 3.05. The van der Waals surface area contributed by atoms with E-state index < -0.39 is 5.97 Å². The van der Waals surface area contributed by atoms with E-state index in [9.17, 15) is 4.79 Å². The molecule has 0 radical (unpaired) electrons. The van der Waals surface area contributed by atoms with Gasteiger partial charge < -0.3 is 14.2 Å². The van der Waals surface area contributed by atoms with Crippen molar-refractivity contribution >= 4 is 28.9 Å². The van der Waals surface area contributed by atoms with E-state index in [-0.39, 0.29) is 5.75 Å². The first-order valence-electron chi connectivity index (χ1n) is 6.35. The molecule has 3 aromatic heterocycles. The molecule has 0 saturated heterocycles. The molecule has 108 valence electrons. The van der Waals surface area contributed by atoms with Crippen molar-refractivity contribution in [3.63, 3.8) is 0 Å². The van der Waals surface area contributed by atoms with Gasteiger partial charge in [0.05, 0.1) is 12.1 Å². The Morgan fingerprint density at radius 1 is 1.33 bits per heavy atom. The second-order valence-electron chi connectivity index (χ2n) is 4.38. The highest BCUT2D eigenvalue weighted by molar-refractivity contribution is 7.99. The summed E-state index contributed by atoms with van der Waals surface area (Å²) in [6, 6.07) is 3.70. The Labute approximate surface area is 124 Å². The molecule has 3 rings (SSSR count). The standard InChI is InChI=1S/C13H13N5O2S/c19-11(20)8-21-13-16-10-2-1-3-15-12(10)18(13)7-6-17-5-4-14-9-17/h1-5,9H,6-8H2,(H,19,20). The smallest absolute Gasteiger partial charge is 0.313 e. The van der Waals surface area contributed by atoms with Crippen molar-refractivity contribution in [1.82, 2.24) is 24.1 Å². The van der Waals surface area contributed by atoms with Crippen molar-refractivity contribution in [2.75, 3.05) is 5.75 Å². The van der Waals surface area contributed by atoms with Crippen molar-refractivity contribution in [2.24, 2.45) is 0 Å². The lowest BCUT2D eigenvalue weighted by atomic mass is 10.4. The van der Waals surface area contributed by atoms with Crippen LogP contribution in [0.25, 0.3) is 11.2 Å². The summed E-state index contributed by atoms with van der Waals surface area (Å²) >= 11 is 1.21. The number of imidazole rings is 2. The van der Waals surface area contributed by atoms with Crippen LogP contribution in [-0.4, -0.2) is 40.9 Å². The van der Waals surface area contributed by atoms with Gasteiger partial charge in [-0.05, 0) is 12.1 Å². The van der Waals surface area contributed by atoms with Crippen LogP contribution in [0, 0.1) is 0 Å². The summed E-state index contributed by atoms with van der Waals surface area (Å²) in [5.74, 6) is -0.879. The molecule has 0 aromatic carbocycles. The molecule has 0 fully saturated rings. The molecule has 0 atom stereocenters. The molecule has 0 aliphatic carbocycles. The topological polar surface area (TPSA) is 85.8 Å². The molecule has 0 amide bonds. The van der Waals surface area contributed by atoms with Gasteiger partial charge in [-0.2, -0.15) is 0 Å². The molecule has 3 heterocycles. The zero-order valence-electron chi connectivity index (χ0n) is 11.1. The molecular weight excluding hydrogens is 290 g/mol. The number of thioether (sulfide) groups is 1. The van der Waals surface area contributed by atoms with Crippen LogP contribution in [0.2, 0.25) is 0 Å². The minimum absolute atomic E-state index is 0.0194. The Morgan fingerprint density at radius 3 is 3.00 bits per heavy atom. The maximum Gasteiger partial charge on any atom is 0.313 e. The maximum absolute atomic E-state index is 10.8. The molecule has 1 N–H and O–H groups in total. The summed E-state index contributed by atoms with van der Waals surface area (Å²) in [4.78, 5) is 23.6. The number of nitrogens with zero attached hydrogens (tertiary/aromatic N) is 5. The van der Waals surface area contributed by atoms with Gasteiger partial charge >= 0.3 is 5.97 Å². The first-order chi connectivity index (χ1) is 10.2. The number of carboxylic acids is 1. The number of carboxylic acid groups (broad SMARTS) is 1. The first-order valence-corrected chi connectivity index (χ1v) is 7.34. The maximum atomic E-state index is 10.8. The van der Waals surface area contributed by atoms with Crippen LogP contribution in [0.4, 0.5) is 0 Å². The molecule has 0 bridgehead atoms. The quantitative estimate of drug-likeness (QED) is 0.695. The Bertz CT molecular complexity index is 753. The molecule has 3 aromatic rings. The number of hydrogen-bond acceptors (Lipinski definition) is 5. The fraction of sp³-hybridized carbons (Fsp3) is 0.231. The van der Waals surface area contributed by atoms with E-state index in [1.165, 1.54) is 11.8 Å². The average molecular weight is 303 g/mol. The molecule has 7 nitrogen and oxygen atoms in total. The second-order valence-corrected chi connectivity index (χ2v) is 5.32. The Balaban J connectivity index is 1.89. The third-order valence-corrected chi connectivity index (χ3v) is 3.90. The summed E-state index contributed by atoms with van der Waals surface area (Å²) < 4.78 is 3.91. The van der Waals surface area contributed by atoms with Crippen LogP contribution >= 0.6 is 11.8 Å². The first kappa shape index (κ1) is 13.6. The van der Waals surface area contributed by atoms with E-state index in [0.717, 1.165) is 17.7 Å². The second kappa shape index (κ2) is 5.96. The normalized spacial score (nSPS) is 11.0. The lowest BCUT2D eigenvalue weighted by Gasteiger charge is -2.08. The molecule has 0 saturated carbocycles. The zero-order chi connectivity index (χ0) is 14.7. The van der Waals surface area contributed by atoms with Crippen LogP contribution < -0.4 is 0 Å². The molecular formula is C13H13N5O2S. The highest BCUT2D eigenvalue weighted by atomic mass is 32.2. The van der Waals surface area contributed by atoms with Gasteiger partial charge in [-0.25, -0.2) is 15.0 Å². The van der Waals surface area contributed by atoms with Gasteiger partial charge in [-0.1, -0.05) is 11.8 Å². The third-order valence-electron chi connectivity index (χ3n) is 2.93. The fourth-order valence-corrected chi connectivity index (χ4v) is 2.76. The highest BCUT2D eigenvalue weighted by Crippen LogP contribution is 2.22. The number of carbonyl (C=O) groups is 1. The fourth-order valence-electron chi connectivity index (χ4n) is 2.01. The van der Waals surface area contributed by atoms with Gasteiger partial charge in [0.1, 0.15) is 5.52 Å². The summed E-state index contributed by atoms with van der Waals surface area (Å²) in [5, 5.41) is 9.51. The molecule has 8 heteroatoms. The van der Waals surface area contributed by atoms with E-state index in [4.69, 9.17) is 5.11 Å². The number of pyridine rings is 1. The Hall–Kier alpha value is -2.35. The van der Waals surface area contributed by atoms with Crippen LogP contribution in [-0.2, 0) is 17.9 Å². The van der Waals surface area contributed by atoms with Gasteiger partial charge in [0.15, 0.2) is 10.8 Å². The lowest BCUT2D eigenvalue weighted by molar-refractivity contribution is -0.133. The molecule has 0 aliphatic rings. The van der Waals surface area contributed by atoms with Gasteiger partial charge in [0, 0.05) is 31.7 Å². The summed E-state index contributed by atoms with van der Waals surface area (Å²) in [7, 11) is 0. The lowest BCUT2D eigenvalue weighted by Crippen LogP contribution is -2.08. The van der Waals surface area contributed by atoms with E-state index in [2.05, 4.69) is 15.0 Å². The highest BCUT2D eigenvalue weighted by Gasteiger charge is 2.13. The van der Waals surface area contributed by atoms with E-state index in [0.29, 0.717) is 11.7 Å². The van der Waals surface area contributed by atoms with Crippen molar-refractivity contribution in [3.8, 4) is 0 Å². The van der Waals surface area contributed by atoms with Gasteiger partial charge in [-0.15, -0.1) is 0 Å². The Morgan fingerprint density at radius 2 is 2.24 bits per heavy atom. The largest absolute Gasteiger partial charge is 0.481 e. The van der Waals surface area contributed by atoms with Crippen LogP contribution in [0.5, 0.6) is 0 Å². The minimum atomic E-state index is -0.860. The van der Waals surface area contributed by atoms with Crippen molar-refractivity contribution < 1.29 is 9.90 Å². The van der Waals surface area contributed by atoms with Crippen LogP contribution in [0.15, 0.2) is 42.2 Å². The number of aromatic nitrogens is 5. The number of fused-ring (bicyclic) bond motifs is 1. The van der Waals surface area contributed by atoms with E-state index in [1.807, 2.05) is 27.5 Å². The summed E-state index contributed by atoms with van der Waals surface area (Å²) in [6.07, 6.45) is 7.07. The predicted molar refractivity (Wildman–Crippen MR) is 78.1 cm³/mol. The van der Waals surface area contributed by atoms with E-state index in [1.54, 1.807) is 18.7 Å². The van der Waals surface area contributed by atoms with Crippen molar-refractivity contribution in [2.45, 2.75) is 18.2 Å². The van der Waals surface area contributed by atoms with Gasteiger partial charge in [-0.3, -0.25) is 4.79 Å². The molecule has 0 unspecified atom stereocenters. The van der Waals surface area contributed by atoms with E-state index >= 15 is 0 Å². The zero-order valence-corrected chi connectivity index (χ0v) is 11.9. The number of aryl methyl sites for hydroxylation is 2. The number of hydrogen-bond donors (Lipinski definition) is 1. The van der Waals surface area contributed by atoms with Crippen molar-refractivity contribution in [1.29, 1.82) is 0 Å². The molecule has 21 heavy (non-hydrogen) atoms. The molecule has 0 spiro atoms. The average Bonchev–Trinajstić information content (AvgIpc) is 3.10. The van der Waals surface area contributed by atoms with Crippen molar-refractivity contribution in [3.05, 3.63) is 37.1 Å². The summed E-state index contributed by atoms with van der Waals surface area (Å²) in [5.41, 5.74) is 1.54. The van der Waals surface area contributed by atoms with Crippen LogP contribution in [0.1, 0.15) is 0 Å². The monoisotopic (exact) mass is 303 g/mol.